The molecule has 6 unspecified atom stereocenters. The first-order valence-corrected chi connectivity index (χ1v) is 9.46. The normalized spacial score (nSPS) is 35.8. The fraction of sp³-hybridized carbons (Fsp3) is 0.571. The van der Waals surface area contributed by atoms with Crippen molar-refractivity contribution >= 4 is 17.9 Å². The van der Waals surface area contributed by atoms with Crippen LogP contribution in [0.25, 0.3) is 0 Å². The quantitative estimate of drug-likeness (QED) is 0.323. The molecular weight excluding hydrogens is 380 g/mol. The number of esters is 3. The van der Waals surface area contributed by atoms with Gasteiger partial charge >= 0.3 is 17.9 Å². The highest BCUT2D eigenvalue weighted by Crippen LogP contribution is 2.46. The summed E-state index contributed by atoms with van der Waals surface area (Å²) in [4.78, 5) is 37.2. The largest absolute Gasteiger partial charge is 0.466 e. The Hall–Kier alpha value is -2.45. The second kappa shape index (κ2) is 7.42. The second-order valence-electron chi connectivity index (χ2n) is 8.10. The topological polar surface area (TPSA) is 108 Å². The molecule has 1 N–H and O–H groups in total. The van der Waals surface area contributed by atoms with E-state index in [-0.39, 0.29) is 17.6 Å². The maximum atomic E-state index is 12.5. The minimum Gasteiger partial charge on any atom is -0.466 e. The molecule has 3 rings (SSSR count). The van der Waals surface area contributed by atoms with Crippen LogP contribution in [0.2, 0.25) is 0 Å². The van der Waals surface area contributed by atoms with Crippen LogP contribution in [0.5, 0.6) is 0 Å². The molecule has 0 aliphatic carbocycles. The molecule has 0 radical (unpaired) electrons. The first kappa shape index (κ1) is 21.3. The van der Waals surface area contributed by atoms with Gasteiger partial charge in [0.25, 0.3) is 0 Å². The van der Waals surface area contributed by atoms with Crippen molar-refractivity contribution in [3.8, 4) is 0 Å². The van der Waals surface area contributed by atoms with E-state index in [2.05, 4.69) is 13.2 Å². The van der Waals surface area contributed by atoms with Crippen molar-refractivity contribution in [2.75, 3.05) is 7.11 Å². The third-order valence-electron chi connectivity index (χ3n) is 5.84. The summed E-state index contributed by atoms with van der Waals surface area (Å²) in [5.74, 6) is -2.84. The Morgan fingerprint density at radius 2 is 2.14 bits per heavy atom. The molecule has 29 heavy (non-hydrogen) atoms. The summed E-state index contributed by atoms with van der Waals surface area (Å²) in [6.07, 6.45) is 1.51. The van der Waals surface area contributed by atoms with Crippen LogP contribution >= 0.6 is 0 Å². The van der Waals surface area contributed by atoms with Crippen LogP contribution in [-0.2, 0) is 33.3 Å². The Bertz CT molecular complexity index is 795. The highest BCUT2D eigenvalue weighted by Gasteiger charge is 2.57. The number of hydrogen-bond acceptors (Lipinski definition) is 8. The molecular formula is C21H26O8. The molecule has 3 aliphatic rings. The van der Waals surface area contributed by atoms with Gasteiger partial charge < -0.3 is 24.1 Å². The summed E-state index contributed by atoms with van der Waals surface area (Å²) in [5, 5.41) is 10.2. The van der Waals surface area contributed by atoms with Gasteiger partial charge in [-0.1, -0.05) is 19.2 Å². The van der Waals surface area contributed by atoms with Crippen molar-refractivity contribution in [3.63, 3.8) is 0 Å². The van der Waals surface area contributed by atoms with Gasteiger partial charge in [-0.15, -0.1) is 0 Å². The van der Waals surface area contributed by atoms with Crippen LogP contribution in [0.15, 0.2) is 36.5 Å². The number of hydrogen-bond donors (Lipinski definition) is 1. The zero-order chi connectivity index (χ0) is 21.6. The summed E-state index contributed by atoms with van der Waals surface area (Å²) in [5.41, 5.74) is -2.26. The average molecular weight is 406 g/mol. The summed E-state index contributed by atoms with van der Waals surface area (Å²) in [6, 6.07) is 0. The molecule has 0 aromatic heterocycles. The van der Waals surface area contributed by atoms with E-state index in [0.717, 1.165) is 6.08 Å². The van der Waals surface area contributed by atoms with E-state index in [0.29, 0.717) is 12.8 Å². The van der Waals surface area contributed by atoms with Crippen molar-refractivity contribution in [1.29, 1.82) is 0 Å². The Balaban J connectivity index is 2.03. The summed E-state index contributed by atoms with van der Waals surface area (Å²) >= 11 is 0. The molecule has 0 spiro atoms. The Morgan fingerprint density at radius 3 is 2.76 bits per heavy atom. The number of allylic oxidation sites excluding steroid dienone is 1. The molecule has 8 nitrogen and oxygen atoms in total. The minimum absolute atomic E-state index is 0.133. The first-order valence-electron chi connectivity index (χ1n) is 9.46. The maximum absolute atomic E-state index is 12.5. The molecule has 0 aromatic rings. The van der Waals surface area contributed by atoms with Gasteiger partial charge in [-0.2, -0.15) is 0 Å². The van der Waals surface area contributed by atoms with E-state index in [1.807, 2.05) is 6.92 Å². The Kier molecular flexibility index (Phi) is 5.44. The third-order valence-corrected chi connectivity index (χ3v) is 5.84. The van der Waals surface area contributed by atoms with Crippen molar-refractivity contribution < 1.29 is 38.4 Å². The lowest BCUT2D eigenvalue weighted by molar-refractivity contribution is -0.169. The lowest BCUT2D eigenvalue weighted by atomic mass is 9.81. The van der Waals surface area contributed by atoms with E-state index in [9.17, 15) is 19.5 Å². The summed E-state index contributed by atoms with van der Waals surface area (Å²) in [6.45, 7) is 10.4. The lowest BCUT2D eigenvalue weighted by Crippen LogP contribution is -2.43. The van der Waals surface area contributed by atoms with Gasteiger partial charge in [0.2, 0.25) is 0 Å². The zero-order valence-corrected chi connectivity index (χ0v) is 16.8. The van der Waals surface area contributed by atoms with E-state index in [4.69, 9.17) is 18.9 Å². The number of aliphatic hydroxyl groups is 1. The van der Waals surface area contributed by atoms with Crippen LogP contribution in [0.4, 0.5) is 0 Å². The van der Waals surface area contributed by atoms with Crippen LogP contribution in [-0.4, -0.2) is 59.6 Å². The molecule has 3 heterocycles. The van der Waals surface area contributed by atoms with Gasteiger partial charge in [-0.05, 0) is 32.8 Å². The first-order chi connectivity index (χ1) is 13.5. The number of carbonyl (C=O) groups excluding carboxylic acids is 3. The van der Waals surface area contributed by atoms with Gasteiger partial charge in [-0.25, -0.2) is 14.4 Å². The maximum Gasteiger partial charge on any atom is 0.342 e. The second-order valence-corrected chi connectivity index (χ2v) is 8.10. The van der Waals surface area contributed by atoms with Gasteiger partial charge in [0.15, 0.2) is 5.60 Å². The van der Waals surface area contributed by atoms with E-state index in [1.54, 1.807) is 6.08 Å². The highest BCUT2D eigenvalue weighted by molar-refractivity contribution is 5.93. The number of carbonyl (C=O) groups is 3. The summed E-state index contributed by atoms with van der Waals surface area (Å²) < 4.78 is 22.3. The van der Waals surface area contributed by atoms with Crippen LogP contribution in [0.3, 0.4) is 0 Å². The van der Waals surface area contributed by atoms with Gasteiger partial charge in [0.1, 0.15) is 18.3 Å². The molecule has 2 saturated heterocycles. The monoisotopic (exact) mass is 406 g/mol. The smallest absolute Gasteiger partial charge is 0.342 e. The molecule has 2 fully saturated rings. The van der Waals surface area contributed by atoms with Crippen molar-refractivity contribution in [1.82, 2.24) is 0 Å². The fourth-order valence-electron chi connectivity index (χ4n) is 4.09. The standard InChI is InChI=1S/C21H26O8/c1-6-21(4,25)19(24)27-13-10-20(3)9-7-8-12(18(23)26-5)15(29-20)16-14(13)11(2)17(22)28-16/h6,8,13-16,25H,1-2,7,9-10H2,3-5H3. The van der Waals surface area contributed by atoms with E-state index < -0.39 is 53.3 Å². The number of rotatable bonds is 4. The Morgan fingerprint density at radius 1 is 1.45 bits per heavy atom. The molecule has 0 aromatic carbocycles. The van der Waals surface area contributed by atoms with Crippen LogP contribution in [0.1, 0.15) is 33.1 Å². The Labute approximate surface area is 169 Å². The molecule has 0 amide bonds. The SMILES string of the molecule is C=CC(C)(O)C(=O)OC1CC2(C)CCC=C(C(=O)OC)C(O2)C2OC(=O)C(=C)C12. The fourth-order valence-corrected chi connectivity index (χ4v) is 4.09. The van der Waals surface area contributed by atoms with E-state index in [1.165, 1.54) is 14.0 Å². The van der Waals surface area contributed by atoms with Crippen molar-refractivity contribution in [2.24, 2.45) is 5.92 Å². The molecule has 2 bridgehead atoms. The van der Waals surface area contributed by atoms with Gasteiger partial charge in [0.05, 0.1) is 24.2 Å². The molecule has 3 aliphatic heterocycles. The van der Waals surface area contributed by atoms with Crippen molar-refractivity contribution in [2.45, 2.75) is 62.6 Å². The van der Waals surface area contributed by atoms with Crippen LogP contribution < -0.4 is 0 Å². The molecule has 6 atom stereocenters. The number of ether oxygens (including phenoxy) is 4. The number of methoxy groups -OCH3 is 1. The van der Waals surface area contributed by atoms with Gasteiger partial charge in [0, 0.05) is 12.0 Å². The van der Waals surface area contributed by atoms with E-state index >= 15 is 0 Å². The zero-order valence-electron chi connectivity index (χ0n) is 16.8. The number of fused-ring (bicyclic) bond motifs is 4. The lowest BCUT2D eigenvalue weighted by Gasteiger charge is -2.33. The van der Waals surface area contributed by atoms with Crippen molar-refractivity contribution in [3.05, 3.63) is 36.5 Å². The third kappa shape index (κ3) is 3.74. The highest BCUT2D eigenvalue weighted by atomic mass is 16.6. The molecule has 0 saturated carbocycles. The predicted molar refractivity (Wildman–Crippen MR) is 100 cm³/mol. The van der Waals surface area contributed by atoms with Crippen LogP contribution in [0, 0.1) is 5.92 Å². The van der Waals surface area contributed by atoms with Gasteiger partial charge in [-0.3, -0.25) is 0 Å². The molecule has 8 heteroatoms. The average Bonchev–Trinajstić information content (AvgIpc) is 2.80. The molecule has 158 valence electrons. The summed E-state index contributed by atoms with van der Waals surface area (Å²) in [7, 11) is 1.27. The predicted octanol–water partition coefficient (Wildman–Crippen LogP) is 1.37. The minimum atomic E-state index is -1.89.